The lowest BCUT2D eigenvalue weighted by Gasteiger charge is -2.19. The zero-order valence-electron chi connectivity index (χ0n) is 12.0. The van der Waals surface area contributed by atoms with E-state index in [4.69, 9.17) is 9.72 Å². The van der Waals surface area contributed by atoms with Crippen molar-refractivity contribution in [2.75, 3.05) is 6.61 Å². The van der Waals surface area contributed by atoms with Crippen molar-refractivity contribution in [1.29, 1.82) is 0 Å². The van der Waals surface area contributed by atoms with Gasteiger partial charge < -0.3 is 4.74 Å². The van der Waals surface area contributed by atoms with Crippen LogP contribution >= 0.6 is 0 Å². The van der Waals surface area contributed by atoms with Crippen LogP contribution in [0.1, 0.15) is 36.6 Å². The quantitative estimate of drug-likeness (QED) is 0.857. The van der Waals surface area contributed by atoms with Gasteiger partial charge in [0, 0.05) is 17.1 Å². The SMILES string of the molecule is CC(=O)COc1ccc2c(C)c3c(nc2c1)CCCC3. The highest BCUT2D eigenvalue weighted by Gasteiger charge is 2.15. The molecule has 20 heavy (non-hydrogen) atoms. The van der Waals surface area contributed by atoms with E-state index in [0.717, 1.165) is 24.1 Å². The highest BCUT2D eigenvalue weighted by atomic mass is 16.5. The van der Waals surface area contributed by atoms with Crippen molar-refractivity contribution in [2.24, 2.45) is 0 Å². The van der Waals surface area contributed by atoms with E-state index in [1.807, 2.05) is 12.1 Å². The van der Waals surface area contributed by atoms with E-state index in [1.54, 1.807) is 0 Å². The number of hydrogen-bond acceptors (Lipinski definition) is 3. The molecule has 0 bridgehead atoms. The number of fused-ring (bicyclic) bond motifs is 2. The third-order valence-electron chi connectivity index (χ3n) is 3.96. The third-order valence-corrected chi connectivity index (χ3v) is 3.96. The van der Waals surface area contributed by atoms with Crippen molar-refractivity contribution >= 4 is 16.7 Å². The molecule has 0 unspecified atom stereocenters. The molecular weight excluding hydrogens is 250 g/mol. The number of aromatic nitrogens is 1. The Kier molecular flexibility index (Phi) is 3.43. The van der Waals surface area contributed by atoms with Crippen LogP contribution in [0.2, 0.25) is 0 Å². The molecule has 3 rings (SSSR count). The van der Waals surface area contributed by atoms with E-state index >= 15 is 0 Å². The zero-order valence-corrected chi connectivity index (χ0v) is 12.0. The number of carbonyl (C=O) groups is 1. The average Bonchev–Trinajstić information content (AvgIpc) is 2.45. The Hall–Kier alpha value is -1.90. The van der Waals surface area contributed by atoms with Gasteiger partial charge in [-0.1, -0.05) is 0 Å². The number of Topliss-reactive ketones (excluding diaryl/α,β-unsaturated/α-hetero) is 1. The topological polar surface area (TPSA) is 39.2 Å². The van der Waals surface area contributed by atoms with E-state index < -0.39 is 0 Å². The summed E-state index contributed by atoms with van der Waals surface area (Å²) in [6.45, 7) is 3.83. The molecule has 1 aliphatic rings. The van der Waals surface area contributed by atoms with Gasteiger partial charge in [-0.25, -0.2) is 0 Å². The Bertz CT molecular complexity index is 676. The van der Waals surface area contributed by atoms with Gasteiger partial charge in [-0.3, -0.25) is 9.78 Å². The number of ketones is 1. The molecule has 3 heteroatoms. The van der Waals surface area contributed by atoms with Crippen molar-refractivity contribution in [3.8, 4) is 5.75 Å². The van der Waals surface area contributed by atoms with E-state index in [0.29, 0.717) is 0 Å². The van der Waals surface area contributed by atoms with Crippen molar-refractivity contribution in [2.45, 2.75) is 39.5 Å². The van der Waals surface area contributed by atoms with Crippen molar-refractivity contribution in [1.82, 2.24) is 4.98 Å². The monoisotopic (exact) mass is 269 g/mol. The van der Waals surface area contributed by atoms with Crippen LogP contribution in [-0.4, -0.2) is 17.4 Å². The van der Waals surface area contributed by atoms with E-state index in [2.05, 4.69) is 13.0 Å². The van der Waals surface area contributed by atoms with Crippen molar-refractivity contribution < 1.29 is 9.53 Å². The van der Waals surface area contributed by atoms with Gasteiger partial charge in [0.15, 0.2) is 5.78 Å². The lowest BCUT2D eigenvalue weighted by molar-refractivity contribution is -0.118. The summed E-state index contributed by atoms with van der Waals surface area (Å²) < 4.78 is 5.47. The number of hydrogen-bond donors (Lipinski definition) is 0. The van der Waals surface area contributed by atoms with Crippen LogP contribution in [0, 0.1) is 6.92 Å². The van der Waals surface area contributed by atoms with Crippen LogP contribution < -0.4 is 4.74 Å². The second kappa shape index (κ2) is 5.23. The molecular formula is C17H19NO2. The van der Waals surface area contributed by atoms with Gasteiger partial charge >= 0.3 is 0 Å². The van der Waals surface area contributed by atoms with Gasteiger partial charge in [0.1, 0.15) is 12.4 Å². The number of ether oxygens (including phenoxy) is 1. The standard InChI is InChI=1S/C17H19NO2/c1-11(19)10-20-13-7-8-15-12(2)14-5-3-4-6-16(14)18-17(15)9-13/h7-9H,3-6,10H2,1-2H3. The van der Waals surface area contributed by atoms with E-state index in [9.17, 15) is 4.79 Å². The van der Waals surface area contributed by atoms with Crippen LogP contribution in [0.5, 0.6) is 5.75 Å². The Morgan fingerprint density at radius 3 is 2.90 bits per heavy atom. The fourth-order valence-corrected chi connectivity index (χ4v) is 2.92. The molecule has 1 aromatic heterocycles. The number of rotatable bonds is 3. The number of nitrogens with zero attached hydrogens (tertiary/aromatic N) is 1. The van der Waals surface area contributed by atoms with Crippen molar-refractivity contribution in [3.63, 3.8) is 0 Å². The van der Waals surface area contributed by atoms with Crippen LogP contribution in [-0.2, 0) is 17.6 Å². The van der Waals surface area contributed by atoms with E-state index in [-0.39, 0.29) is 12.4 Å². The largest absolute Gasteiger partial charge is 0.486 e. The highest BCUT2D eigenvalue weighted by Crippen LogP contribution is 2.30. The van der Waals surface area contributed by atoms with Crippen molar-refractivity contribution in [3.05, 3.63) is 35.0 Å². The first-order valence-corrected chi connectivity index (χ1v) is 7.19. The van der Waals surface area contributed by atoms with Gasteiger partial charge in [-0.05, 0) is 62.8 Å². The first-order chi connectivity index (χ1) is 9.65. The summed E-state index contributed by atoms with van der Waals surface area (Å²) in [7, 11) is 0. The van der Waals surface area contributed by atoms with Crippen LogP contribution in [0.25, 0.3) is 10.9 Å². The molecule has 1 heterocycles. The third kappa shape index (κ3) is 2.40. The molecule has 0 radical (unpaired) electrons. The molecule has 3 nitrogen and oxygen atoms in total. The summed E-state index contributed by atoms with van der Waals surface area (Å²) in [6, 6.07) is 5.93. The summed E-state index contributed by atoms with van der Waals surface area (Å²) in [5.41, 5.74) is 5.00. The summed E-state index contributed by atoms with van der Waals surface area (Å²) >= 11 is 0. The second-order valence-corrected chi connectivity index (χ2v) is 5.54. The summed E-state index contributed by atoms with van der Waals surface area (Å²) in [6.07, 6.45) is 4.71. The number of pyridine rings is 1. The molecule has 104 valence electrons. The molecule has 0 spiro atoms. The zero-order chi connectivity index (χ0) is 14.1. The van der Waals surface area contributed by atoms with Gasteiger partial charge in [-0.2, -0.15) is 0 Å². The van der Waals surface area contributed by atoms with Gasteiger partial charge in [-0.15, -0.1) is 0 Å². The molecule has 0 fully saturated rings. The predicted octanol–water partition coefficient (Wildman–Crippen LogP) is 3.39. The molecule has 1 aromatic carbocycles. The number of benzene rings is 1. The first-order valence-electron chi connectivity index (χ1n) is 7.19. The maximum Gasteiger partial charge on any atom is 0.167 e. The Morgan fingerprint density at radius 1 is 1.30 bits per heavy atom. The second-order valence-electron chi connectivity index (χ2n) is 5.54. The van der Waals surface area contributed by atoms with Crippen LogP contribution in [0.4, 0.5) is 0 Å². The molecule has 0 aliphatic heterocycles. The maximum absolute atomic E-state index is 11.0. The molecule has 0 saturated carbocycles. The molecule has 0 amide bonds. The van der Waals surface area contributed by atoms with E-state index in [1.165, 1.54) is 42.0 Å². The van der Waals surface area contributed by atoms with Gasteiger partial charge in [0.05, 0.1) is 5.52 Å². The molecule has 0 saturated heterocycles. The first kappa shape index (κ1) is 13.1. The van der Waals surface area contributed by atoms with Crippen LogP contribution in [0.15, 0.2) is 18.2 Å². The van der Waals surface area contributed by atoms with Crippen LogP contribution in [0.3, 0.4) is 0 Å². The minimum Gasteiger partial charge on any atom is -0.486 e. The molecule has 0 atom stereocenters. The normalized spacial score (nSPS) is 14.1. The average molecular weight is 269 g/mol. The number of carbonyl (C=O) groups excluding carboxylic acids is 1. The maximum atomic E-state index is 11.0. The molecule has 0 N–H and O–H groups in total. The Morgan fingerprint density at radius 2 is 2.10 bits per heavy atom. The minimum atomic E-state index is 0.0275. The van der Waals surface area contributed by atoms with Gasteiger partial charge in [0.25, 0.3) is 0 Å². The summed E-state index contributed by atoms with van der Waals surface area (Å²) in [5, 5.41) is 1.20. The predicted molar refractivity (Wildman–Crippen MR) is 79.3 cm³/mol. The summed E-state index contributed by atoms with van der Waals surface area (Å²) in [5.74, 6) is 0.745. The molecule has 1 aliphatic carbocycles. The Balaban J connectivity index is 2.03. The fraction of sp³-hybridized carbons (Fsp3) is 0.412. The minimum absolute atomic E-state index is 0.0275. The lowest BCUT2D eigenvalue weighted by Crippen LogP contribution is -2.09. The fourth-order valence-electron chi connectivity index (χ4n) is 2.92. The highest BCUT2D eigenvalue weighted by molar-refractivity contribution is 5.85. The smallest absolute Gasteiger partial charge is 0.167 e. The summed E-state index contributed by atoms with van der Waals surface area (Å²) in [4.78, 5) is 15.8. The van der Waals surface area contributed by atoms with Gasteiger partial charge in [0.2, 0.25) is 0 Å². The molecule has 2 aromatic rings. The number of aryl methyl sites for hydroxylation is 2. The Labute approximate surface area is 119 Å². The lowest BCUT2D eigenvalue weighted by atomic mass is 9.90.